The van der Waals surface area contributed by atoms with Crippen LogP contribution in [0.5, 0.6) is 0 Å². The summed E-state index contributed by atoms with van der Waals surface area (Å²) >= 11 is 0. The highest BCUT2D eigenvalue weighted by Crippen LogP contribution is 2.27. The molecule has 0 spiro atoms. The van der Waals surface area contributed by atoms with Crippen LogP contribution in [-0.2, 0) is 4.79 Å². The number of amides is 1. The molecule has 5 nitrogen and oxygen atoms in total. The molecule has 4 rings (SSSR count). The molecule has 2 fully saturated rings. The number of aryl methyl sites for hydroxylation is 1. The van der Waals surface area contributed by atoms with E-state index in [1.54, 1.807) is 0 Å². The summed E-state index contributed by atoms with van der Waals surface area (Å²) in [5, 5.41) is 3.22. The van der Waals surface area contributed by atoms with Crippen LogP contribution in [0, 0.1) is 12.8 Å². The predicted octanol–water partition coefficient (Wildman–Crippen LogP) is 3.60. The topological polar surface area (TPSA) is 58.1 Å². The van der Waals surface area contributed by atoms with E-state index in [2.05, 4.69) is 10.2 Å². The van der Waals surface area contributed by atoms with Crippen molar-refractivity contribution in [1.29, 1.82) is 0 Å². The van der Waals surface area contributed by atoms with Gasteiger partial charge in [-0.1, -0.05) is 25.0 Å². The van der Waals surface area contributed by atoms with Gasteiger partial charge in [0.1, 0.15) is 0 Å². The second-order valence-corrected chi connectivity index (χ2v) is 7.80. The van der Waals surface area contributed by atoms with Crippen molar-refractivity contribution >= 4 is 22.8 Å². The summed E-state index contributed by atoms with van der Waals surface area (Å²) in [6, 6.07) is 8.46. The average molecular weight is 352 g/mol. The van der Waals surface area contributed by atoms with Crippen LogP contribution in [-0.4, -0.2) is 35.0 Å². The van der Waals surface area contributed by atoms with Gasteiger partial charge < -0.3 is 10.2 Å². The van der Waals surface area contributed by atoms with Crippen molar-refractivity contribution in [3.05, 3.63) is 30.0 Å². The first-order valence-corrected chi connectivity index (χ1v) is 9.97. The minimum Gasteiger partial charge on any atom is -0.355 e. The fraction of sp³-hybridized carbons (Fsp3) is 0.571. The standard InChI is InChI=1S/C21H28N4O/c1-15-21(24-19-9-5-4-8-18(19)22-15)25-12-10-16(11-13-25)14-20(26)23-17-6-2-3-7-17/h4-5,8-9,16-17H,2-3,6-7,10-14H2,1H3,(H,23,26). The molecule has 5 heteroatoms. The van der Waals surface area contributed by atoms with E-state index in [1.807, 2.05) is 31.2 Å². The molecule has 0 bridgehead atoms. The fourth-order valence-corrected chi connectivity index (χ4v) is 4.35. The van der Waals surface area contributed by atoms with Gasteiger partial charge in [-0.25, -0.2) is 9.97 Å². The number of hydrogen-bond donors (Lipinski definition) is 1. The van der Waals surface area contributed by atoms with E-state index in [4.69, 9.17) is 9.97 Å². The van der Waals surface area contributed by atoms with Crippen molar-refractivity contribution in [2.45, 2.75) is 57.9 Å². The van der Waals surface area contributed by atoms with Crippen LogP contribution in [0.1, 0.15) is 50.6 Å². The van der Waals surface area contributed by atoms with Gasteiger partial charge in [-0.2, -0.15) is 0 Å². The second kappa shape index (κ2) is 7.60. The zero-order valence-corrected chi connectivity index (χ0v) is 15.6. The van der Waals surface area contributed by atoms with E-state index in [-0.39, 0.29) is 5.91 Å². The summed E-state index contributed by atoms with van der Waals surface area (Å²) in [5.74, 6) is 1.73. The Hall–Kier alpha value is -2.17. The molecule has 2 aliphatic rings. The van der Waals surface area contributed by atoms with Crippen LogP contribution < -0.4 is 10.2 Å². The molecule has 1 amide bonds. The molecule has 0 unspecified atom stereocenters. The first-order valence-electron chi connectivity index (χ1n) is 9.97. The molecule has 1 saturated carbocycles. The summed E-state index contributed by atoms with van der Waals surface area (Å²) in [6.07, 6.45) is 7.60. The number of nitrogens with zero attached hydrogens (tertiary/aromatic N) is 3. The molecular weight excluding hydrogens is 324 g/mol. The van der Waals surface area contributed by atoms with Crippen molar-refractivity contribution in [3.8, 4) is 0 Å². The summed E-state index contributed by atoms with van der Waals surface area (Å²) in [7, 11) is 0. The molecule has 26 heavy (non-hydrogen) atoms. The lowest BCUT2D eigenvalue weighted by atomic mass is 9.93. The number of anilines is 1. The Bertz CT molecular complexity index is 777. The van der Waals surface area contributed by atoms with Crippen molar-refractivity contribution in [3.63, 3.8) is 0 Å². The predicted molar refractivity (Wildman–Crippen MR) is 104 cm³/mol. The van der Waals surface area contributed by atoms with Gasteiger partial charge >= 0.3 is 0 Å². The zero-order chi connectivity index (χ0) is 17.9. The van der Waals surface area contributed by atoms with Gasteiger partial charge in [0.05, 0.1) is 16.7 Å². The Labute approximate surface area is 155 Å². The first-order chi connectivity index (χ1) is 12.7. The number of piperidine rings is 1. The maximum absolute atomic E-state index is 12.3. The van der Waals surface area contributed by atoms with Gasteiger partial charge in [0.2, 0.25) is 5.91 Å². The van der Waals surface area contributed by atoms with Crippen LogP contribution in [0.2, 0.25) is 0 Å². The third-order valence-corrected chi connectivity index (χ3v) is 5.83. The van der Waals surface area contributed by atoms with E-state index in [1.165, 1.54) is 12.8 Å². The van der Waals surface area contributed by atoms with E-state index in [0.717, 1.165) is 61.3 Å². The van der Waals surface area contributed by atoms with E-state index < -0.39 is 0 Å². The number of rotatable bonds is 4. The van der Waals surface area contributed by atoms with Crippen molar-refractivity contribution < 1.29 is 4.79 Å². The Morgan fingerprint density at radius 3 is 2.42 bits per heavy atom. The SMILES string of the molecule is Cc1nc2ccccc2nc1N1CCC(CC(=O)NC2CCCC2)CC1. The number of benzene rings is 1. The highest BCUT2D eigenvalue weighted by Gasteiger charge is 2.25. The van der Waals surface area contributed by atoms with Gasteiger partial charge in [0.15, 0.2) is 5.82 Å². The molecule has 1 saturated heterocycles. The summed E-state index contributed by atoms with van der Waals surface area (Å²) in [5.41, 5.74) is 2.89. The molecule has 138 valence electrons. The van der Waals surface area contributed by atoms with E-state index in [9.17, 15) is 4.79 Å². The van der Waals surface area contributed by atoms with Crippen LogP contribution in [0.25, 0.3) is 11.0 Å². The second-order valence-electron chi connectivity index (χ2n) is 7.80. The van der Waals surface area contributed by atoms with Crippen LogP contribution in [0.3, 0.4) is 0 Å². The third kappa shape index (κ3) is 3.81. The van der Waals surface area contributed by atoms with Gasteiger partial charge in [-0.3, -0.25) is 4.79 Å². The van der Waals surface area contributed by atoms with Gasteiger partial charge in [0.25, 0.3) is 0 Å². The summed E-state index contributed by atoms with van der Waals surface area (Å²) in [6.45, 7) is 3.94. The number of para-hydroxylation sites is 2. The average Bonchev–Trinajstić information content (AvgIpc) is 3.15. The third-order valence-electron chi connectivity index (χ3n) is 5.83. The van der Waals surface area contributed by atoms with E-state index in [0.29, 0.717) is 18.4 Å². The molecule has 2 heterocycles. The normalized spacial score (nSPS) is 19.2. The van der Waals surface area contributed by atoms with Gasteiger partial charge in [-0.05, 0) is 50.7 Å². The van der Waals surface area contributed by atoms with Crippen molar-refractivity contribution in [2.24, 2.45) is 5.92 Å². The number of nitrogens with one attached hydrogen (secondary N) is 1. The number of carbonyl (C=O) groups excluding carboxylic acids is 1. The molecule has 0 radical (unpaired) electrons. The lowest BCUT2D eigenvalue weighted by Gasteiger charge is -2.33. The maximum atomic E-state index is 12.3. The number of hydrogen-bond acceptors (Lipinski definition) is 4. The first kappa shape index (κ1) is 17.3. The smallest absolute Gasteiger partial charge is 0.220 e. The molecule has 1 aromatic carbocycles. The van der Waals surface area contributed by atoms with Crippen LogP contribution in [0.15, 0.2) is 24.3 Å². The van der Waals surface area contributed by atoms with Gasteiger partial charge in [0, 0.05) is 25.6 Å². The lowest BCUT2D eigenvalue weighted by Crippen LogP contribution is -2.38. The summed E-state index contributed by atoms with van der Waals surface area (Å²) in [4.78, 5) is 24.2. The van der Waals surface area contributed by atoms with Crippen molar-refractivity contribution in [2.75, 3.05) is 18.0 Å². The van der Waals surface area contributed by atoms with Crippen LogP contribution >= 0.6 is 0 Å². The Kier molecular flexibility index (Phi) is 5.05. The van der Waals surface area contributed by atoms with Crippen molar-refractivity contribution in [1.82, 2.24) is 15.3 Å². The molecule has 2 aromatic rings. The quantitative estimate of drug-likeness (QED) is 0.913. The molecule has 1 aromatic heterocycles. The Morgan fingerprint density at radius 1 is 1.08 bits per heavy atom. The molecule has 0 atom stereocenters. The minimum absolute atomic E-state index is 0.247. The molecule has 1 aliphatic carbocycles. The largest absolute Gasteiger partial charge is 0.355 e. The lowest BCUT2D eigenvalue weighted by molar-refractivity contribution is -0.122. The molecular formula is C21H28N4O. The number of fused-ring (bicyclic) bond motifs is 1. The Balaban J connectivity index is 1.34. The van der Waals surface area contributed by atoms with Gasteiger partial charge in [-0.15, -0.1) is 0 Å². The molecule has 1 N–H and O–H groups in total. The number of carbonyl (C=O) groups is 1. The highest BCUT2D eigenvalue weighted by molar-refractivity contribution is 5.77. The monoisotopic (exact) mass is 352 g/mol. The number of aromatic nitrogens is 2. The molecule has 1 aliphatic heterocycles. The highest BCUT2D eigenvalue weighted by atomic mass is 16.1. The Morgan fingerprint density at radius 2 is 1.73 bits per heavy atom. The minimum atomic E-state index is 0.247. The summed E-state index contributed by atoms with van der Waals surface area (Å²) < 4.78 is 0. The maximum Gasteiger partial charge on any atom is 0.220 e. The van der Waals surface area contributed by atoms with E-state index >= 15 is 0 Å². The van der Waals surface area contributed by atoms with Crippen LogP contribution in [0.4, 0.5) is 5.82 Å². The zero-order valence-electron chi connectivity index (χ0n) is 15.6. The fourth-order valence-electron chi connectivity index (χ4n) is 4.35.